The molecule has 0 radical (unpaired) electrons. The summed E-state index contributed by atoms with van der Waals surface area (Å²) in [5.74, 6) is 5.12. The van der Waals surface area contributed by atoms with E-state index in [1.165, 1.54) is 24.3 Å². The van der Waals surface area contributed by atoms with Crippen molar-refractivity contribution in [1.82, 2.24) is 15.5 Å². The van der Waals surface area contributed by atoms with Gasteiger partial charge in [0.25, 0.3) is 0 Å². The van der Waals surface area contributed by atoms with Crippen molar-refractivity contribution < 1.29 is 4.79 Å². The quantitative estimate of drug-likeness (QED) is 0.389. The van der Waals surface area contributed by atoms with E-state index in [2.05, 4.69) is 32.3 Å². The molecule has 2 fully saturated rings. The van der Waals surface area contributed by atoms with Crippen molar-refractivity contribution in [3.05, 3.63) is 0 Å². The molecule has 0 atom stereocenters. The summed E-state index contributed by atoms with van der Waals surface area (Å²) in [5.41, 5.74) is 0. The van der Waals surface area contributed by atoms with Crippen molar-refractivity contribution in [3.63, 3.8) is 0 Å². The Morgan fingerprint density at radius 2 is 1.83 bits per heavy atom. The summed E-state index contributed by atoms with van der Waals surface area (Å²) in [6.07, 6.45) is 5.46. The number of piperidine rings is 1. The van der Waals surface area contributed by atoms with Crippen molar-refractivity contribution in [2.24, 2.45) is 16.8 Å². The van der Waals surface area contributed by atoms with Gasteiger partial charge in [0.2, 0.25) is 5.91 Å². The second kappa shape index (κ2) is 11.4. The second-order valence-electron chi connectivity index (χ2n) is 6.29. The van der Waals surface area contributed by atoms with E-state index in [0.29, 0.717) is 12.3 Å². The van der Waals surface area contributed by atoms with E-state index in [-0.39, 0.29) is 29.9 Å². The summed E-state index contributed by atoms with van der Waals surface area (Å²) >= 11 is 2.07. The topological polar surface area (TPSA) is 56.7 Å². The molecule has 7 heteroatoms. The van der Waals surface area contributed by atoms with Gasteiger partial charge >= 0.3 is 0 Å². The molecule has 1 amide bonds. The number of rotatable bonds is 4. The number of nitrogens with zero attached hydrogens (tertiary/aromatic N) is 2. The highest BCUT2D eigenvalue weighted by atomic mass is 127. The molecule has 0 unspecified atom stereocenters. The minimum atomic E-state index is 0. The van der Waals surface area contributed by atoms with Gasteiger partial charge in [-0.1, -0.05) is 0 Å². The molecule has 2 aliphatic heterocycles. The Labute approximate surface area is 161 Å². The number of carbonyl (C=O) groups is 1. The molecule has 5 nitrogen and oxygen atoms in total. The predicted molar refractivity (Wildman–Crippen MR) is 110 cm³/mol. The molecule has 0 aromatic heterocycles. The number of nitrogens with one attached hydrogen (secondary N) is 2. The molecule has 134 valence electrons. The van der Waals surface area contributed by atoms with Crippen molar-refractivity contribution in [2.75, 3.05) is 45.2 Å². The van der Waals surface area contributed by atoms with Crippen LogP contribution >= 0.6 is 35.7 Å². The molecule has 2 N–H and O–H groups in total. The highest BCUT2D eigenvalue weighted by Gasteiger charge is 2.23. The molecule has 2 aliphatic rings. The molecule has 2 rings (SSSR count). The molecule has 0 saturated carbocycles. The fraction of sp³-hybridized carbons (Fsp3) is 0.875. The molecule has 2 saturated heterocycles. The lowest BCUT2D eigenvalue weighted by Gasteiger charge is -2.34. The van der Waals surface area contributed by atoms with Crippen molar-refractivity contribution >= 4 is 47.6 Å². The van der Waals surface area contributed by atoms with Gasteiger partial charge in [-0.15, -0.1) is 24.0 Å². The maximum Gasteiger partial charge on any atom is 0.220 e. The lowest BCUT2D eigenvalue weighted by atomic mass is 9.93. The second-order valence-corrected chi connectivity index (χ2v) is 7.52. The summed E-state index contributed by atoms with van der Waals surface area (Å²) in [4.78, 5) is 18.3. The van der Waals surface area contributed by atoms with Gasteiger partial charge in [0, 0.05) is 40.2 Å². The van der Waals surface area contributed by atoms with Gasteiger partial charge in [0.05, 0.1) is 0 Å². The Morgan fingerprint density at radius 1 is 1.17 bits per heavy atom. The van der Waals surface area contributed by atoms with E-state index in [1.54, 1.807) is 7.05 Å². The highest BCUT2D eigenvalue weighted by Crippen LogP contribution is 2.23. The summed E-state index contributed by atoms with van der Waals surface area (Å²) < 4.78 is 0. The molecule has 0 spiro atoms. The van der Waals surface area contributed by atoms with Gasteiger partial charge in [0.1, 0.15) is 0 Å². The number of thioether (sulfide) groups is 1. The fourth-order valence-electron chi connectivity index (χ4n) is 3.23. The summed E-state index contributed by atoms with van der Waals surface area (Å²) in [5, 5.41) is 6.29. The van der Waals surface area contributed by atoms with Crippen LogP contribution in [0.5, 0.6) is 0 Å². The van der Waals surface area contributed by atoms with Gasteiger partial charge in [-0.3, -0.25) is 9.79 Å². The first kappa shape index (κ1) is 20.9. The first-order valence-electron chi connectivity index (χ1n) is 8.46. The normalized spacial score (nSPS) is 20.8. The van der Waals surface area contributed by atoms with Gasteiger partial charge in [-0.2, -0.15) is 11.8 Å². The Balaban J connectivity index is 0.00000264. The number of hydrogen-bond donors (Lipinski definition) is 2. The minimum Gasteiger partial charge on any atom is -0.359 e. The van der Waals surface area contributed by atoms with Crippen LogP contribution < -0.4 is 10.6 Å². The summed E-state index contributed by atoms with van der Waals surface area (Å²) in [7, 11) is 3.59. The van der Waals surface area contributed by atoms with Gasteiger partial charge in [0.15, 0.2) is 5.96 Å². The lowest BCUT2D eigenvalue weighted by molar-refractivity contribution is -0.121. The number of guanidine groups is 1. The summed E-state index contributed by atoms with van der Waals surface area (Å²) in [6, 6.07) is 0. The van der Waals surface area contributed by atoms with Crippen LogP contribution in [0.15, 0.2) is 4.99 Å². The Hall–Kier alpha value is -0.180. The SMILES string of the molecule is CN=C(NCC1CCSCC1)N1CCC(CC(=O)NC)CC1.I. The lowest BCUT2D eigenvalue weighted by Crippen LogP contribution is -2.47. The van der Waals surface area contributed by atoms with E-state index in [0.717, 1.165) is 44.4 Å². The Morgan fingerprint density at radius 3 is 2.39 bits per heavy atom. The zero-order chi connectivity index (χ0) is 15.8. The van der Waals surface area contributed by atoms with Crippen LogP contribution in [-0.4, -0.2) is 62.0 Å². The highest BCUT2D eigenvalue weighted by molar-refractivity contribution is 14.0. The monoisotopic (exact) mass is 454 g/mol. The van der Waals surface area contributed by atoms with Crippen molar-refractivity contribution in [1.29, 1.82) is 0 Å². The van der Waals surface area contributed by atoms with Crippen molar-refractivity contribution in [2.45, 2.75) is 32.1 Å². The van der Waals surface area contributed by atoms with E-state index in [4.69, 9.17) is 0 Å². The first-order chi connectivity index (χ1) is 10.7. The molecule has 2 heterocycles. The average Bonchev–Trinajstić information content (AvgIpc) is 2.57. The third-order valence-electron chi connectivity index (χ3n) is 4.77. The van der Waals surface area contributed by atoms with E-state index in [1.807, 2.05) is 7.05 Å². The van der Waals surface area contributed by atoms with Gasteiger partial charge < -0.3 is 15.5 Å². The number of amides is 1. The van der Waals surface area contributed by atoms with E-state index < -0.39 is 0 Å². The van der Waals surface area contributed by atoms with Crippen LogP contribution in [0.3, 0.4) is 0 Å². The van der Waals surface area contributed by atoms with E-state index >= 15 is 0 Å². The number of likely N-dealkylation sites (tertiary alicyclic amines) is 1. The van der Waals surface area contributed by atoms with Crippen molar-refractivity contribution in [3.8, 4) is 0 Å². The zero-order valence-corrected chi connectivity index (χ0v) is 17.5. The molecule has 0 aromatic carbocycles. The molecule has 0 bridgehead atoms. The molecule has 0 aromatic rings. The number of hydrogen-bond acceptors (Lipinski definition) is 3. The Kier molecular flexibility index (Phi) is 10.3. The van der Waals surface area contributed by atoms with Crippen LogP contribution in [0.1, 0.15) is 32.1 Å². The minimum absolute atomic E-state index is 0. The maximum atomic E-state index is 11.5. The number of aliphatic imine (C=N–C) groups is 1. The third kappa shape index (κ3) is 7.07. The predicted octanol–water partition coefficient (Wildman–Crippen LogP) is 2.17. The summed E-state index contributed by atoms with van der Waals surface area (Å²) in [6.45, 7) is 3.05. The number of carbonyl (C=O) groups excluding carboxylic acids is 1. The van der Waals surface area contributed by atoms with Crippen LogP contribution in [0, 0.1) is 11.8 Å². The van der Waals surface area contributed by atoms with Crippen LogP contribution in [0.4, 0.5) is 0 Å². The largest absolute Gasteiger partial charge is 0.359 e. The smallest absolute Gasteiger partial charge is 0.220 e. The molecule has 0 aliphatic carbocycles. The molecule has 23 heavy (non-hydrogen) atoms. The number of halogens is 1. The third-order valence-corrected chi connectivity index (χ3v) is 5.82. The standard InChI is InChI=1S/C16H30N4OS.HI/c1-17-15(21)11-13-3-7-20(8-4-13)16(18-2)19-12-14-5-9-22-10-6-14;/h13-14H,3-12H2,1-2H3,(H,17,21)(H,18,19);1H. The average molecular weight is 454 g/mol. The molecular formula is C16H31IN4OS. The zero-order valence-electron chi connectivity index (χ0n) is 14.3. The first-order valence-corrected chi connectivity index (χ1v) is 9.62. The van der Waals surface area contributed by atoms with Crippen LogP contribution in [0.2, 0.25) is 0 Å². The maximum absolute atomic E-state index is 11.5. The Bertz CT molecular complexity index is 380. The van der Waals surface area contributed by atoms with Gasteiger partial charge in [-0.05, 0) is 49.0 Å². The van der Waals surface area contributed by atoms with Crippen LogP contribution in [0.25, 0.3) is 0 Å². The van der Waals surface area contributed by atoms with E-state index in [9.17, 15) is 4.79 Å². The fourth-order valence-corrected chi connectivity index (χ4v) is 4.44. The van der Waals surface area contributed by atoms with Crippen LogP contribution in [-0.2, 0) is 4.79 Å². The van der Waals surface area contributed by atoms with Gasteiger partial charge in [-0.25, -0.2) is 0 Å². The molecular weight excluding hydrogens is 423 g/mol.